The maximum Gasteiger partial charge on any atom is 0.268 e. The van der Waals surface area contributed by atoms with E-state index in [4.69, 9.17) is 16.3 Å². The van der Waals surface area contributed by atoms with Gasteiger partial charge in [-0.05, 0) is 35.9 Å². The van der Waals surface area contributed by atoms with Crippen molar-refractivity contribution >= 4 is 46.7 Å². The molecule has 1 aromatic heterocycles. The fraction of sp³-hybridized carbons (Fsp3) is 0.100. The van der Waals surface area contributed by atoms with Crippen LogP contribution in [0.3, 0.4) is 0 Å². The Morgan fingerprint density at radius 1 is 1.19 bits per heavy atom. The summed E-state index contributed by atoms with van der Waals surface area (Å²) in [5, 5.41) is 3.40. The maximum absolute atomic E-state index is 12.4. The Hall–Kier alpha value is -2.83. The third kappa shape index (κ3) is 4.48. The van der Waals surface area contributed by atoms with E-state index in [9.17, 15) is 9.59 Å². The van der Waals surface area contributed by atoms with E-state index < -0.39 is 0 Å². The van der Waals surface area contributed by atoms with Gasteiger partial charge in [0.25, 0.3) is 11.5 Å². The predicted octanol–water partition coefficient (Wildman–Crippen LogP) is 2.36. The second-order valence-electron chi connectivity index (χ2n) is 5.70. The van der Waals surface area contributed by atoms with Crippen LogP contribution in [0.15, 0.2) is 53.3 Å². The summed E-state index contributed by atoms with van der Waals surface area (Å²) >= 11 is 7.13. The zero-order chi connectivity index (χ0) is 19.4. The Balaban J connectivity index is 1.94. The van der Waals surface area contributed by atoms with Gasteiger partial charge in [-0.2, -0.15) is 0 Å². The molecule has 2 aromatic carbocycles. The van der Waals surface area contributed by atoms with Gasteiger partial charge in [0.15, 0.2) is 0 Å². The Bertz CT molecular complexity index is 1150. The molecule has 3 aromatic rings. The number of rotatable bonds is 4. The number of methoxy groups -OCH3 is 1. The van der Waals surface area contributed by atoms with Gasteiger partial charge in [0, 0.05) is 18.1 Å². The molecule has 5 nitrogen and oxygen atoms in total. The van der Waals surface area contributed by atoms with E-state index in [1.54, 1.807) is 43.5 Å². The monoisotopic (exact) mass is 400 g/mol. The molecule has 0 aliphatic rings. The molecule has 138 valence electrons. The number of hydrogen-bond acceptors (Lipinski definition) is 4. The largest absolute Gasteiger partial charge is 0.495 e. The fourth-order valence-electron chi connectivity index (χ4n) is 2.45. The number of halogens is 1. The van der Waals surface area contributed by atoms with Gasteiger partial charge in [-0.3, -0.25) is 9.59 Å². The van der Waals surface area contributed by atoms with Crippen molar-refractivity contribution in [3.8, 4) is 5.75 Å². The van der Waals surface area contributed by atoms with Gasteiger partial charge < -0.3 is 14.6 Å². The van der Waals surface area contributed by atoms with Crippen LogP contribution in [0.2, 0.25) is 5.02 Å². The number of ether oxygens (including phenoxy) is 1. The van der Waals surface area contributed by atoms with Crippen LogP contribution >= 0.6 is 22.9 Å². The van der Waals surface area contributed by atoms with E-state index in [1.165, 1.54) is 29.1 Å². The molecule has 0 bridgehead atoms. The van der Waals surface area contributed by atoms with E-state index in [-0.39, 0.29) is 11.5 Å². The van der Waals surface area contributed by atoms with Gasteiger partial charge in [-0.15, -0.1) is 11.3 Å². The second kappa shape index (κ2) is 8.24. The molecule has 0 saturated carbocycles. The number of nitrogens with one attached hydrogen (secondary N) is 1. The van der Waals surface area contributed by atoms with Gasteiger partial charge in [0.05, 0.1) is 17.3 Å². The summed E-state index contributed by atoms with van der Waals surface area (Å²) in [5.41, 5.74) is 1.27. The van der Waals surface area contributed by atoms with Gasteiger partial charge in [-0.25, -0.2) is 0 Å². The minimum atomic E-state index is -0.339. The molecule has 0 saturated heterocycles. The molecule has 1 amide bonds. The highest BCUT2D eigenvalue weighted by Crippen LogP contribution is 2.22. The van der Waals surface area contributed by atoms with Gasteiger partial charge in [-0.1, -0.05) is 35.9 Å². The van der Waals surface area contributed by atoms with E-state index in [1.807, 2.05) is 18.2 Å². The van der Waals surface area contributed by atoms with Crippen LogP contribution in [-0.2, 0) is 11.8 Å². The molecule has 0 unspecified atom stereocenters. The third-order valence-electron chi connectivity index (χ3n) is 3.85. The molecule has 0 aliphatic carbocycles. The lowest BCUT2D eigenvalue weighted by Gasteiger charge is -2.07. The summed E-state index contributed by atoms with van der Waals surface area (Å²) in [6.45, 7) is 0. The quantitative estimate of drug-likeness (QED) is 0.731. The van der Waals surface area contributed by atoms with Crippen LogP contribution in [0.1, 0.15) is 5.56 Å². The highest BCUT2D eigenvalue weighted by molar-refractivity contribution is 7.07. The standard InChI is InChI=1S/C20H17ClN2O3S/c1-23-19(12-18(24)22-15-5-3-4-6-16(15)26-2)27-17(20(23)25)11-13-7-9-14(21)10-8-13/h3-12H,1-2H3,(H,22,24)/b17-11-,19-12-. The first-order chi connectivity index (χ1) is 13.0. The van der Waals surface area contributed by atoms with Crippen LogP contribution in [0, 0.1) is 0 Å². The number of hydrogen-bond donors (Lipinski definition) is 1. The van der Waals surface area contributed by atoms with Crippen molar-refractivity contribution in [3.63, 3.8) is 0 Å². The number of carbonyl (C=O) groups excluding carboxylic acids is 1. The summed E-state index contributed by atoms with van der Waals surface area (Å²) in [4.78, 5) is 24.8. The number of nitrogens with zero attached hydrogens (tertiary/aromatic N) is 1. The van der Waals surface area contributed by atoms with Gasteiger partial charge in [0.2, 0.25) is 0 Å². The first-order valence-electron chi connectivity index (χ1n) is 8.07. The fourth-order valence-corrected chi connectivity index (χ4v) is 3.60. The van der Waals surface area contributed by atoms with E-state index >= 15 is 0 Å². The molecule has 7 heteroatoms. The summed E-state index contributed by atoms with van der Waals surface area (Å²) in [5.74, 6) is 0.227. The SMILES string of the molecule is COc1ccccc1NC(=O)/C=c1\s/c(=C\c2ccc(Cl)cc2)c(=O)n1C. The Morgan fingerprint density at radius 3 is 2.59 bits per heavy atom. The average molecular weight is 401 g/mol. The van der Waals surface area contributed by atoms with Crippen molar-refractivity contribution < 1.29 is 9.53 Å². The van der Waals surface area contributed by atoms with Crippen molar-refractivity contribution in [2.45, 2.75) is 0 Å². The van der Waals surface area contributed by atoms with E-state index in [0.717, 1.165) is 5.56 Å². The number of amides is 1. The Kier molecular flexibility index (Phi) is 5.78. The number of aromatic nitrogens is 1. The summed E-state index contributed by atoms with van der Waals surface area (Å²) < 4.78 is 7.76. The number of benzene rings is 2. The van der Waals surface area contributed by atoms with Crippen molar-refractivity contribution in [1.29, 1.82) is 0 Å². The first kappa shape index (κ1) is 18.9. The Morgan fingerprint density at radius 2 is 1.89 bits per heavy atom. The molecule has 0 fully saturated rings. The lowest BCUT2D eigenvalue weighted by Crippen LogP contribution is -2.29. The minimum absolute atomic E-state index is 0.161. The Labute approximate surface area is 164 Å². The van der Waals surface area contributed by atoms with Crippen molar-refractivity contribution in [2.75, 3.05) is 12.4 Å². The smallest absolute Gasteiger partial charge is 0.268 e. The van der Waals surface area contributed by atoms with E-state index in [2.05, 4.69) is 5.32 Å². The number of para-hydroxylation sites is 2. The lowest BCUT2D eigenvalue weighted by atomic mass is 10.2. The van der Waals surface area contributed by atoms with Crippen LogP contribution in [-0.4, -0.2) is 17.6 Å². The van der Waals surface area contributed by atoms with Gasteiger partial charge in [0.1, 0.15) is 10.4 Å². The van der Waals surface area contributed by atoms with Crippen molar-refractivity contribution in [1.82, 2.24) is 4.57 Å². The lowest BCUT2D eigenvalue weighted by molar-refractivity contribution is -0.110. The molecule has 1 heterocycles. The number of anilines is 1. The zero-order valence-electron chi connectivity index (χ0n) is 14.7. The van der Waals surface area contributed by atoms with Crippen LogP contribution in [0.5, 0.6) is 5.75 Å². The molecule has 1 N–H and O–H groups in total. The molecule has 3 rings (SSSR count). The van der Waals surface area contributed by atoms with E-state index in [0.29, 0.717) is 25.7 Å². The molecule has 27 heavy (non-hydrogen) atoms. The summed E-state index contributed by atoms with van der Waals surface area (Å²) in [6.07, 6.45) is 3.18. The summed E-state index contributed by atoms with van der Waals surface area (Å²) in [6, 6.07) is 14.3. The minimum Gasteiger partial charge on any atom is -0.495 e. The highest BCUT2D eigenvalue weighted by atomic mass is 35.5. The highest BCUT2D eigenvalue weighted by Gasteiger charge is 2.06. The normalized spacial score (nSPS) is 12.3. The molecule has 0 spiro atoms. The summed E-state index contributed by atoms with van der Waals surface area (Å²) in [7, 11) is 3.18. The number of carbonyl (C=O) groups is 1. The molecule has 0 atom stereocenters. The average Bonchev–Trinajstić information content (AvgIpc) is 2.92. The topological polar surface area (TPSA) is 60.3 Å². The molecular formula is C20H17ClN2O3S. The van der Waals surface area contributed by atoms with Crippen molar-refractivity contribution in [2.24, 2.45) is 7.05 Å². The number of thiazole rings is 1. The first-order valence-corrected chi connectivity index (χ1v) is 9.26. The molecular weight excluding hydrogens is 384 g/mol. The molecule has 0 radical (unpaired) electrons. The molecule has 0 aliphatic heterocycles. The zero-order valence-corrected chi connectivity index (χ0v) is 16.3. The predicted molar refractivity (Wildman–Crippen MR) is 110 cm³/mol. The van der Waals surface area contributed by atoms with Gasteiger partial charge >= 0.3 is 0 Å². The van der Waals surface area contributed by atoms with Crippen LogP contribution in [0.4, 0.5) is 5.69 Å². The second-order valence-corrected chi connectivity index (χ2v) is 7.20. The maximum atomic E-state index is 12.4. The van der Waals surface area contributed by atoms with Crippen LogP contribution < -0.4 is 24.8 Å². The third-order valence-corrected chi connectivity index (χ3v) is 5.21. The van der Waals surface area contributed by atoms with Crippen LogP contribution in [0.25, 0.3) is 12.2 Å². The van der Waals surface area contributed by atoms with Crippen molar-refractivity contribution in [3.05, 3.63) is 78.7 Å².